The Morgan fingerprint density at radius 2 is 2.10 bits per heavy atom. The molecule has 3 heterocycles. The Bertz CT molecular complexity index is 1080. The second-order valence-electron chi connectivity index (χ2n) is 8.68. The summed E-state index contributed by atoms with van der Waals surface area (Å²) in [7, 11) is 0. The number of carbonyl (C=O) groups is 1. The Kier molecular flexibility index (Phi) is 4.92. The first-order chi connectivity index (χ1) is 14.9. The van der Waals surface area contributed by atoms with Gasteiger partial charge in [0.05, 0.1) is 12.6 Å². The van der Waals surface area contributed by atoms with Crippen molar-refractivity contribution in [3.8, 4) is 5.88 Å². The van der Waals surface area contributed by atoms with E-state index in [1.807, 2.05) is 0 Å². The molecule has 0 radical (unpaired) electrons. The SMILES string of the molecule is Cc1cc(COc2cc3n(c(=O)n2)CC2CN(C(C(=O)O)C4CC4)CCN32)ccc1F. The van der Waals surface area contributed by atoms with E-state index in [0.717, 1.165) is 24.2 Å². The van der Waals surface area contributed by atoms with Crippen molar-refractivity contribution in [2.24, 2.45) is 5.92 Å². The molecule has 8 nitrogen and oxygen atoms in total. The first-order valence-electron chi connectivity index (χ1n) is 10.6. The number of aromatic nitrogens is 2. The highest BCUT2D eigenvalue weighted by molar-refractivity contribution is 5.74. The zero-order chi connectivity index (χ0) is 21.7. The molecule has 0 bridgehead atoms. The van der Waals surface area contributed by atoms with E-state index in [-0.39, 0.29) is 36.0 Å². The summed E-state index contributed by atoms with van der Waals surface area (Å²) in [5.41, 5.74) is 0.961. The minimum absolute atomic E-state index is 0.0406. The van der Waals surface area contributed by atoms with Crippen LogP contribution in [0.25, 0.3) is 0 Å². The van der Waals surface area contributed by atoms with E-state index in [2.05, 4.69) is 14.8 Å². The number of hydrogen-bond donors (Lipinski definition) is 1. The molecule has 2 atom stereocenters. The highest BCUT2D eigenvalue weighted by Crippen LogP contribution is 2.37. The van der Waals surface area contributed by atoms with Gasteiger partial charge >= 0.3 is 11.7 Å². The number of hydrogen-bond acceptors (Lipinski definition) is 6. The van der Waals surface area contributed by atoms with E-state index in [1.54, 1.807) is 29.7 Å². The second-order valence-corrected chi connectivity index (χ2v) is 8.68. The maximum Gasteiger partial charge on any atom is 0.352 e. The molecule has 9 heteroatoms. The number of rotatable bonds is 6. The molecule has 164 valence electrons. The molecule has 2 aromatic rings. The van der Waals surface area contributed by atoms with Crippen LogP contribution in [0.1, 0.15) is 24.0 Å². The normalized spacial score (nSPS) is 21.5. The van der Waals surface area contributed by atoms with Crippen molar-refractivity contribution in [3.05, 3.63) is 51.7 Å². The number of anilines is 1. The lowest BCUT2D eigenvalue weighted by Gasteiger charge is -2.40. The van der Waals surface area contributed by atoms with E-state index in [9.17, 15) is 19.1 Å². The summed E-state index contributed by atoms with van der Waals surface area (Å²) < 4.78 is 20.8. The van der Waals surface area contributed by atoms with Gasteiger partial charge in [0.2, 0.25) is 5.88 Å². The summed E-state index contributed by atoms with van der Waals surface area (Å²) in [6.45, 7) is 4.28. The number of fused-ring (bicyclic) bond motifs is 3. The number of carboxylic acid groups (broad SMARTS) is 1. The minimum atomic E-state index is -0.753. The van der Waals surface area contributed by atoms with E-state index >= 15 is 0 Å². The van der Waals surface area contributed by atoms with Crippen LogP contribution in [0.5, 0.6) is 5.88 Å². The molecule has 1 aromatic heterocycles. The molecule has 1 saturated carbocycles. The van der Waals surface area contributed by atoms with Crippen molar-refractivity contribution in [1.82, 2.24) is 14.5 Å². The van der Waals surface area contributed by atoms with Gasteiger partial charge in [0.15, 0.2) is 0 Å². The lowest BCUT2D eigenvalue weighted by Crippen LogP contribution is -2.57. The molecule has 0 amide bonds. The van der Waals surface area contributed by atoms with Crippen LogP contribution in [0.15, 0.2) is 29.1 Å². The van der Waals surface area contributed by atoms with Gasteiger partial charge in [0.25, 0.3) is 0 Å². The fourth-order valence-electron chi connectivity index (χ4n) is 4.78. The smallest absolute Gasteiger partial charge is 0.352 e. The van der Waals surface area contributed by atoms with Crippen LogP contribution in [-0.4, -0.2) is 57.2 Å². The zero-order valence-electron chi connectivity index (χ0n) is 17.3. The van der Waals surface area contributed by atoms with E-state index in [4.69, 9.17) is 4.74 Å². The summed E-state index contributed by atoms with van der Waals surface area (Å²) >= 11 is 0. The molecule has 1 aliphatic carbocycles. The molecule has 2 aliphatic heterocycles. The third-order valence-corrected chi connectivity index (χ3v) is 6.49. The highest BCUT2D eigenvalue weighted by Gasteiger charge is 2.44. The number of halogens is 1. The lowest BCUT2D eigenvalue weighted by molar-refractivity contribution is -0.144. The fourth-order valence-corrected chi connectivity index (χ4v) is 4.78. The number of benzene rings is 1. The van der Waals surface area contributed by atoms with Crippen LogP contribution in [0, 0.1) is 18.7 Å². The van der Waals surface area contributed by atoms with Gasteiger partial charge in [-0.05, 0) is 48.9 Å². The maximum atomic E-state index is 13.5. The highest BCUT2D eigenvalue weighted by atomic mass is 19.1. The predicted molar refractivity (Wildman–Crippen MR) is 111 cm³/mol. The van der Waals surface area contributed by atoms with Gasteiger partial charge in [0.1, 0.15) is 24.3 Å². The van der Waals surface area contributed by atoms with Crippen LogP contribution in [0.4, 0.5) is 10.2 Å². The molecule has 31 heavy (non-hydrogen) atoms. The summed E-state index contributed by atoms with van der Waals surface area (Å²) in [5.74, 6) is 0.218. The average molecular weight is 428 g/mol. The molecule has 0 spiro atoms. The minimum Gasteiger partial charge on any atom is -0.480 e. The summed E-state index contributed by atoms with van der Waals surface area (Å²) in [5, 5.41) is 9.66. The predicted octanol–water partition coefficient (Wildman–Crippen LogP) is 1.64. The number of aliphatic carboxylic acids is 1. The lowest BCUT2D eigenvalue weighted by atomic mass is 10.1. The molecule has 2 fully saturated rings. The zero-order valence-corrected chi connectivity index (χ0v) is 17.3. The number of piperazine rings is 1. The average Bonchev–Trinajstić information content (AvgIpc) is 3.48. The second kappa shape index (κ2) is 7.64. The van der Waals surface area contributed by atoms with Crippen LogP contribution >= 0.6 is 0 Å². The molecule has 1 aromatic carbocycles. The van der Waals surface area contributed by atoms with Gasteiger partial charge in [-0.2, -0.15) is 4.98 Å². The maximum absolute atomic E-state index is 13.5. The van der Waals surface area contributed by atoms with Crippen LogP contribution in [0.3, 0.4) is 0 Å². The number of ether oxygens (including phenoxy) is 1. The largest absolute Gasteiger partial charge is 0.480 e. The van der Waals surface area contributed by atoms with Crippen LogP contribution in [0.2, 0.25) is 0 Å². The molecular weight excluding hydrogens is 403 g/mol. The van der Waals surface area contributed by atoms with Crippen molar-refractivity contribution in [3.63, 3.8) is 0 Å². The topological polar surface area (TPSA) is 87.9 Å². The first-order valence-corrected chi connectivity index (χ1v) is 10.6. The molecule has 3 aliphatic rings. The first kappa shape index (κ1) is 20.0. The number of carboxylic acids is 1. The fraction of sp³-hybridized carbons (Fsp3) is 0.500. The van der Waals surface area contributed by atoms with Crippen molar-refractivity contribution in [2.75, 3.05) is 24.5 Å². The van der Waals surface area contributed by atoms with Gasteiger partial charge in [-0.3, -0.25) is 14.3 Å². The van der Waals surface area contributed by atoms with E-state index in [0.29, 0.717) is 31.7 Å². The monoisotopic (exact) mass is 428 g/mol. The molecular formula is C22H25FN4O4. The summed E-state index contributed by atoms with van der Waals surface area (Å²) in [6, 6.07) is 6.13. The van der Waals surface area contributed by atoms with E-state index in [1.165, 1.54) is 6.07 Å². The third kappa shape index (κ3) is 3.78. The van der Waals surface area contributed by atoms with Gasteiger partial charge in [-0.25, -0.2) is 9.18 Å². The Morgan fingerprint density at radius 3 is 2.81 bits per heavy atom. The number of aryl methyl sites for hydroxylation is 1. The molecule has 1 N–H and O–H groups in total. The Hall–Kier alpha value is -2.94. The summed E-state index contributed by atoms with van der Waals surface area (Å²) in [6.07, 6.45) is 1.94. The third-order valence-electron chi connectivity index (χ3n) is 6.49. The Labute approximate surface area is 178 Å². The quantitative estimate of drug-likeness (QED) is 0.748. The van der Waals surface area contributed by atoms with Gasteiger partial charge in [-0.1, -0.05) is 6.07 Å². The van der Waals surface area contributed by atoms with Gasteiger partial charge in [0, 0.05) is 25.7 Å². The van der Waals surface area contributed by atoms with Gasteiger partial charge in [-0.15, -0.1) is 0 Å². The molecule has 5 rings (SSSR count). The van der Waals surface area contributed by atoms with Crippen LogP contribution in [-0.2, 0) is 17.9 Å². The molecule has 1 saturated heterocycles. The molecule has 2 unspecified atom stereocenters. The Balaban J connectivity index is 1.31. The number of nitrogens with zero attached hydrogens (tertiary/aromatic N) is 4. The van der Waals surface area contributed by atoms with E-state index < -0.39 is 12.0 Å². The standard InChI is InChI=1S/C22H25FN4O4/c1-13-8-14(2-5-17(13)23)12-31-18-9-19-26-7-6-25(20(21(28)29)15-3-4-15)10-16(26)11-27(19)22(30)24-18/h2,5,8-9,15-16,20H,3-4,6-7,10-12H2,1H3,(H,28,29). The van der Waals surface area contributed by atoms with Crippen molar-refractivity contribution in [1.29, 1.82) is 0 Å². The van der Waals surface area contributed by atoms with Gasteiger partial charge < -0.3 is 14.7 Å². The van der Waals surface area contributed by atoms with Crippen molar-refractivity contribution < 1.29 is 19.0 Å². The van der Waals surface area contributed by atoms with Crippen molar-refractivity contribution in [2.45, 2.75) is 45.0 Å². The Morgan fingerprint density at radius 1 is 1.29 bits per heavy atom. The van der Waals surface area contributed by atoms with Crippen LogP contribution < -0.4 is 15.3 Å². The summed E-state index contributed by atoms with van der Waals surface area (Å²) in [4.78, 5) is 32.6. The van der Waals surface area contributed by atoms with Crippen molar-refractivity contribution >= 4 is 11.8 Å².